The van der Waals surface area contributed by atoms with Gasteiger partial charge in [-0.3, -0.25) is 0 Å². The van der Waals surface area contributed by atoms with E-state index in [1.807, 2.05) is 0 Å². The maximum absolute atomic E-state index is 4.42. The van der Waals surface area contributed by atoms with Gasteiger partial charge < -0.3 is 15.5 Å². The molecule has 1 unspecified atom stereocenters. The number of nitrogens with zero attached hydrogens (tertiary/aromatic N) is 3. The third kappa shape index (κ3) is 3.60. The minimum absolute atomic E-state index is 0.627. The number of likely N-dealkylation sites (N-methyl/N-ethyl adjacent to an activating group) is 1. The first-order valence-corrected chi connectivity index (χ1v) is 7.78. The van der Waals surface area contributed by atoms with Gasteiger partial charge in [-0.15, -0.1) is 0 Å². The van der Waals surface area contributed by atoms with Gasteiger partial charge in [-0.1, -0.05) is 13.8 Å². The molecule has 5 nitrogen and oxygen atoms in total. The number of hydrogen-bond acceptors (Lipinski definition) is 5. The predicted molar refractivity (Wildman–Crippen MR) is 84.3 cm³/mol. The zero-order valence-electron chi connectivity index (χ0n) is 12.9. The van der Waals surface area contributed by atoms with Crippen LogP contribution in [0.1, 0.15) is 38.7 Å². The molecule has 1 aliphatic rings. The summed E-state index contributed by atoms with van der Waals surface area (Å²) in [5, 5.41) is 6.91. The third-order valence-electron chi connectivity index (χ3n) is 4.02. The monoisotopic (exact) mass is 277 g/mol. The van der Waals surface area contributed by atoms with Crippen LogP contribution in [0.2, 0.25) is 0 Å². The van der Waals surface area contributed by atoms with Gasteiger partial charge in [0.05, 0.1) is 0 Å². The second-order valence-corrected chi connectivity index (χ2v) is 5.49. The Morgan fingerprint density at radius 2 is 2.00 bits per heavy atom. The van der Waals surface area contributed by atoms with E-state index in [0.29, 0.717) is 6.04 Å². The fraction of sp³-hybridized carbons (Fsp3) is 0.733. The molecule has 1 saturated heterocycles. The van der Waals surface area contributed by atoms with Crippen LogP contribution in [0.5, 0.6) is 0 Å². The molecular formula is C15H27N5. The van der Waals surface area contributed by atoms with Gasteiger partial charge in [0.15, 0.2) is 0 Å². The number of aromatic nitrogens is 2. The van der Waals surface area contributed by atoms with E-state index >= 15 is 0 Å². The maximum Gasteiger partial charge on any atom is 0.134 e. The maximum atomic E-state index is 4.42. The Balaban J connectivity index is 2.02. The molecule has 0 bridgehead atoms. The SMILES string of the molecule is CCCNc1ncnc(NCC2CCCN2C)c1CC. The Kier molecular flexibility index (Phi) is 5.59. The van der Waals surface area contributed by atoms with Crippen molar-refractivity contribution in [2.24, 2.45) is 0 Å². The lowest BCUT2D eigenvalue weighted by Crippen LogP contribution is -2.32. The lowest BCUT2D eigenvalue weighted by Gasteiger charge is -2.21. The zero-order valence-corrected chi connectivity index (χ0v) is 12.9. The summed E-state index contributed by atoms with van der Waals surface area (Å²) in [5.74, 6) is 1.97. The molecule has 0 aromatic carbocycles. The topological polar surface area (TPSA) is 53.1 Å². The summed E-state index contributed by atoms with van der Waals surface area (Å²) in [4.78, 5) is 11.2. The van der Waals surface area contributed by atoms with Crippen molar-refractivity contribution < 1.29 is 0 Å². The van der Waals surface area contributed by atoms with Crippen molar-refractivity contribution in [1.29, 1.82) is 0 Å². The van der Waals surface area contributed by atoms with Crippen LogP contribution in [0.15, 0.2) is 6.33 Å². The first-order valence-electron chi connectivity index (χ1n) is 7.78. The Bertz CT molecular complexity index is 421. The highest BCUT2D eigenvalue weighted by atomic mass is 15.2. The van der Waals surface area contributed by atoms with Crippen LogP contribution in [-0.2, 0) is 6.42 Å². The summed E-state index contributed by atoms with van der Waals surface area (Å²) in [6.45, 7) is 7.44. The molecule has 2 N–H and O–H groups in total. The van der Waals surface area contributed by atoms with Gasteiger partial charge in [-0.2, -0.15) is 0 Å². The lowest BCUT2D eigenvalue weighted by molar-refractivity contribution is 0.322. The summed E-state index contributed by atoms with van der Waals surface area (Å²) in [6, 6.07) is 0.627. The quantitative estimate of drug-likeness (QED) is 0.801. The summed E-state index contributed by atoms with van der Waals surface area (Å²) in [7, 11) is 2.20. The summed E-state index contributed by atoms with van der Waals surface area (Å²) in [6.07, 6.45) is 6.27. The standard InChI is InChI=1S/C15H27N5/c1-4-8-16-14-13(5-2)15(19-11-18-14)17-10-12-7-6-9-20(12)3/h11-12H,4-10H2,1-3H3,(H2,16,17,18,19). The molecule has 0 saturated carbocycles. The largest absolute Gasteiger partial charge is 0.370 e. The predicted octanol–water partition coefficient (Wildman–Crippen LogP) is 2.37. The van der Waals surface area contributed by atoms with Crippen LogP contribution in [0.3, 0.4) is 0 Å². The molecule has 1 fully saturated rings. The zero-order chi connectivity index (χ0) is 14.4. The normalized spacial score (nSPS) is 19.2. The van der Waals surface area contributed by atoms with Crippen molar-refractivity contribution in [3.8, 4) is 0 Å². The smallest absolute Gasteiger partial charge is 0.134 e. The molecule has 5 heteroatoms. The number of rotatable bonds is 7. The fourth-order valence-corrected chi connectivity index (χ4v) is 2.75. The van der Waals surface area contributed by atoms with Crippen molar-refractivity contribution in [3.05, 3.63) is 11.9 Å². The first-order chi connectivity index (χ1) is 9.76. The molecule has 0 radical (unpaired) electrons. The van der Waals surface area contributed by atoms with Crippen molar-refractivity contribution in [3.63, 3.8) is 0 Å². The second-order valence-electron chi connectivity index (χ2n) is 5.49. The minimum Gasteiger partial charge on any atom is -0.370 e. The van der Waals surface area contributed by atoms with Crippen LogP contribution in [-0.4, -0.2) is 47.6 Å². The van der Waals surface area contributed by atoms with E-state index in [1.54, 1.807) is 6.33 Å². The van der Waals surface area contributed by atoms with Crippen molar-refractivity contribution in [2.45, 2.75) is 45.6 Å². The van der Waals surface area contributed by atoms with Gasteiger partial charge in [0, 0.05) is 24.7 Å². The first kappa shape index (κ1) is 15.0. The average Bonchev–Trinajstić information content (AvgIpc) is 2.88. The van der Waals surface area contributed by atoms with E-state index in [-0.39, 0.29) is 0 Å². The highest BCUT2D eigenvalue weighted by Crippen LogP contribution is 2.22. The molecule has 0 spiro atoms. The van der Waals surface area contributed by atoms with E-state index in [9.17, 15) is 0 Å². The van der Waals surface area contributed by atoms with Crippen LogP contribution in [0.4, 0.5) is 11.6 Å². The van der Waals surface area contributed by atoms with Crippen molar-refractivity contribution in [2.75, 3.05) is 37.3 Å². The Labute approximate surface area is 122 Å². The molecule has 1 aromatic heterocycles. The van der Waals surface area contributed by atoms with Gasteiger partial charge in [0.1, 0.15) is 18.0 Å². The molecule has 1 atom stereocenters. The van der Waals surface area contributed by atoms with Crippen LogP contribution in [0.25, 0.3) is 0 Å². The average molecular weight is 277 g/mol. The van der Waals surface area contributed by atoms with Crippen LogP contribution in [0, 0.1) is 0 Å². The molecule has 0 aliphatic carbocycles. The Morgan fingerprint density at radius 3 is 2.60 bits per heavy atom. The molecule has 1 aliphatic heterocycles. The Hall–Kier alpha value is -1.36. The lowest BCUT2D eigenvalue weighted by atomic mass is 10.2. The second kappa shape index (κ2) is 7.43. The highest BCUT2D eigenvalue weighted by molar-refractivity contribution is 5.57. The Morgan fingerprint density at radius 1 is 1.25 bits per heavy atom. The van der Waals surface area contributed by atoms with E-state index in [1.165, 1.54) is 24.9 Å². The molecule has 112 valence electrons. The molecule has 1 aromatic rings. The van der Waals surface area contributed by atoms with E-state index in [0.717, 1.165) is 37.6 Å². The van der Waals surface area contributed by atoms with Crippen molar-refractivity contribution in [1.82, 2.24) is 14.9 Å². The molecule has 0 amide bonds. The summed E-state index contributed by atoms with van der Waals surface area (Å²) < 4.78 is 0. The number of hydrogen-bond donors (Lipinski definition) is 2. The number of likely N-dealkylation sites (tertiary alicyclic amines) is 1. The van der Waals surface area contributed by atoms with E-state index < -0.39 is 0 Å². The van der Waals surface area contributed by atoms with Gasteiger partial charge in [-0.25, -0.2) is 9.97 Å². The van der Waals surface area contributed by atoms with Gasteiger partial charge in [-0.05, 0) is 39.3 Å². The van der Waals surface area contributed by atoms with Gasteiger partial charge >= 0.3 is 0 Å². The van der Waals surface area contributed by atoms with Crippen LogP contribution >= 0.6 is 0 Å². The summed E-state index contributed by atoms with van der Waals surface area (Å²) in [5.41, 5.74) is 1.20. The number of nitrogens with one attached hydrogen (secondary N) is 2. The fourth-order valence-electron chi connectivity index (χ4n) is 2.75. The summed E-state index contributed by atoms with van der Waals surface area (Å²) >= 11 is 0. The highest BCUT2D eigenvalue weighted by Gasteiger charge is 2.21. The van der Waals surface area contributed by atoms with E-state index in [4.69, 9.17) is 0 Å². The van der Waals surface area contributed by atoms with Crippen LogP contribution < -0.4 is 10.6 Å². The molecule has 2 rings (SSSR count). The number of anilines is 2. The van der Waals surface area contributed by atoms with Gasteiger partial charge in [0.25, 0.3) is 0 Å². The molecule has 20 heavy (non-hydrogen) atoms. The molecule has 2 heterocycles. The molecular weight excluding hydrogens is 250 g/mol. The van der Waals surface area contributed by atoms with Gasteiger partial charge in [0.2, 0.25) is 0 Å². The van der Waals surface area contributed by atoms with Crippen molar-refractivity contribution >= 4 is 11.6 Å². The third-order valence-corrected chi connectivity index (χ3v) is 4.02. The van der Waals surface area contributed by atoms with E-state index in [2.05, 4.69) is 46.4 Å². The minimum atomic E-state index is 0.627.